The van der Waals surface area contributed by atoms with Crippen molar-refractivity contribution < 1.29 is 9.90 Å². The minimum absolute atomic E-state index is 0.109. The molecule has 0 aliphatic carbocycles. The molecule has 1 aromatic carbocycles. The third-order valence-electron chi connectivity index (χ3n) is 3.20. The molecule has 2 aromatic rings. The number of thiophene rings is 1. The molecule has 0 bridgehead atoms. The lowest BCUT2D eigenvalue weighted by atomic mass is 10.1. The van der Waals surface area contributed by atoms with Gasteiger partial charge in [-0.1, -0.05) is 29.8 Å². The number of carboxylic acids is 1. The van der Waals surface area contributed by atoms with Gasteiger partial charge < -0.3 is 10.4 Å². The van der Waals surface area contributed by atoms with Crippen molar-refractivity contribution in [2.75, 3.05) is 0 Å². The summed E-state index contributed by atoms with van der Waals surface area (Å²) in [5, 5.41) is 12.2. The lowest BCUT2D eigenvalue weighted by molar-refractivity contribution is -0.136. The van der Waals surface area contributed by atoms with E-state index < -0.39 is 5.97 Å². The molecule has 2 rings (SSSR count). The minimum Gasteiger partial charge on any atom is -0.481 e. The van der Waals surface area contributed by atoms with E-state index in [4.69, 9.17) is 5.11 Å². The molecule has 1 heterocycles. The summed E-state index contributed by atoms with van der Waals surface area (Å²) in [6, 6.07) is 12.7. The molecule has 0 amide bonds. The van der Waals surface area contributed by atoms with Gasteiger partial charge in [-0.3, -0.25) is 4.79 Å². The molecule has 1 aromatic heterocycles. The van der Waals surface area contributed by atoms with Crippen LogP contribution in [-0.4, -0.2) is 11.1 Å². The van der Waals surface area contributed by atoms with Gasteiger partial charge in [0.2, 0.25) is 0 Å². The van der Waals surface area contributed by atoms with Crippen LogP contribution < -0.4 is 5.32 Å². The van der Waals surface area contributed by atoms with Crippen LogP contribution in [0.4, 0.5) is 0 Å². The maximum atomic E-state index is 10.6. The predicted molar refractivity (Wildman–Crippen MR) is 82.1 cm³/mol. The molecular formula is C16H19NO2S. The Bertz CT molecular complexity index is 574. The number of benzene rings is 1. The zero-order chi connectivity index (χ0) is 14.5. The van der Waals surface area contributed by atoms with Gasteiger partial charge in [-0.2, -0.15) is 0 Å². The molecular weight excluding hydrogens is 270 g/mol. The second kappa shape index (κ2) is 6.68. The quantitative estimate of drug-likeness (QED) is 0.855. The van der Waals surface area contributed by atoms with Crippen molar-refractivity contribution in [1.29, 1.82) is 0 Å². The molecule has 0 saturated carbocycles. The summed E-state index contributed by atoms with van der Waals surface area (Å²) in [6.07, 6.45) is 0.109. The van der Waals surface area contributed by atoms with E-state index in [-0.39, 0.29) is 12.5 Å². The van der Waals surface area contributed by atoms with E-state index in [1.54, 1.807) is 11.3 Å². The Labute approximate surface area is 123 Å². The summed E-state index contributed by atoms with van der Waals surface area (Å²) in [7, 11) is 0. The number of hydrogen-bond donors (Lipinski definition) is 2. The Kier molecular flexibility index (Phi) is 4.93. The van der Waals surface area contributed by atoms with Crippen LogP contribution in [0, 0.1) is 6.92 Å². The fourth-order valence-corrected chi connectivity index (χ4v) is 2.95. The maximum Gasteiger partial charge on any atom is 0.308 e. The van der Waals surface area contributed by atoms with Crippen molar-refractivity contribution in [3.8, 4) is 0 Å². The Balaban J connectivity index is 1.89. The molecule has 106 valence electrons. The molecule has 1 atom stereocenters. The lowest BCUT2D eigenvalue weighted by Crippen LogP contribution is -2.17. The summed E-state index contributed by atoms with van der Waals surface area (Å²) < 4.78 is 0. The van der Waals surface area contributed by atoms with Crippen molar-refractivity contribution in [1.82, 2.24) is 5.32 Å². The molecule has 4 heteroatoms. The minimum atomic E-state index is -0.778. The third-order valence-corrected chi connectivity index (χ3v) is 4.29. The first-order valence-electron chi connectivity index (χ1n) is 6.64. The van der Waals surface area contributed by atoms with Gasteiger partial charge in [-0.15, -0.1) is 11.3 Å². The second-order valence-electron chi connectivity index (χ2n) is 4.95. The normalized spacial score (nSPS) is 12.3. The number of carboxylic acid groups (broad SMARTS) is 1. The van der Waals surface area contributed by atoms with Crippen LogP contribution in [-0.2, 0) is 17.8 Å². The summed E-state index contributed by atoms with van der Waals surface area (Å²) in [4.78, 5) is 12.7. The van der Waals surface area contributed by atoms with Gasteiger partial charge in [0.15, 0.2) is 0 Å². The largest absolute Gasteiger partial charge is 0.481 e. The number of nitrogens with one attached hydrogen (secondary N) is 1. The molecule has 0 aliphatic rings. The Hall–Kier alpha value is -1.65. The Morgan fingerprint density at radius 1 is 1.20 bits per heavy atom. The lowest BCUT2D eigenvalue weighted by Gasteiger charge is -2.13. The highest BCUT2D eigenvalue weighted by molar-refractivity contribution is 7.12. The SMILES string of the molecule is Cc1ccc([C@@H](C)NCc2ccc(CC(=O)O)s2)cc1. The fourth-order valence-electron chi connectivity index (χ4n) is 1.99. The molecule has 0 spiro atoms. The van der Waals surface area contributed by atoms with Gasteiger partial charge in [-0.25, -0.2) is 0 Å². The van der Waals surface area contributed by atoms with Gasteiger partial charge in [-0.05, 0) is 31.5 Å². The maximum absolute atomic E-state index is 10.6. The van der Waals surface area contributed by atoms with Crippen molar-refractivity contribution >= 4 is 17.3 Å². The predicted octanol–water partition coefficient (Wildman–Crippen LogP) is 3.53. The first kappa shape index (κ1) is 14.8. The smallest absolute Gasteiger partial charge is 0.308 e. The van der Waals surface area contributed by atoms with Gasteiger partial charge >= 0.3 is 5.97 Å². The zero-order valence-electron chi connectivity index (χ0n) is 11.7. The van der Waals surface area contributed by atoms with Crippen LogP contribution in [0.5, 0.6) is 0 Å². The number of aryl methyl sites for hydroxylation is 1. The average molecular weight is 289 g/mol. The van der Waals surface area contributed by atoms with Gasteiger partial charge in [0.1, 0.15) is 0 Å². The Morgan fingerprint density at radius 3 is 2.50 bits per heavy atom. The standard InChI is InChI=1S/C16H19NO2S/c1-11-3-5-13(6-4-11)12(2)17-10-15-8-7-14(20-15)9-16(18)19/h3-8,12,17H,9-10H2,1-2H3,(H,18,19)/t12-/m1/s1. The summed E-state index contributed by atoms with van der Waals surface area (Å²) in [5.74, 6) is -0.778. The van der Waals surface area contributed by atoms with Crippen LogP contribution in [0.2, 0.25) is 0 Å². The Morgan fingerprint density at radius 2 is 1.85 bits per heavy atom. The number of rotatable bonds is 6. The van der Waals surface area contributed by atoms with Gasteiger partial charge in [0.05, 0.1) is 6.42 Å². The van der Waals surface area contributed by atoms with Crippen LogP contribution in [0.25, 0.3) is 0 Å². The summed E-state index contributed by atoms with van der Waals surface area (Å²) >= 11 is 1.56. The molecule has 0 aliphatic heterocycles. The van der Waals surface area contributed by atoms with E-state index in [9.17, 15) is 4.79 Å². The highest BCUT2D eigenvalue weighted by atomic mass is 32.1. The monoisotopic (exact) mass is 289 g/mol. The number of carbonyl (C=O) groups is 1. The van der Waals surface area contributed by atoms with E-state index in [1.165, 1.54) is 16.0 Å². The summed E-state index contributed by atoms with van der Waals surface area (Å²) in [6.45, 7) is 4.98. The van der Waals surface area contributed by atoms with Crippen LogP contribution >= 0.6 is 11.3 Å². The van der Waals surface area contributed by atoms with E-state index in [0.717, 1.165) is 11.4 Å². The first-order chi connectivity index (χ1) is 9.54. The zero-order valence-corrected chi connectivity index (χ0v) is 12.5. The van der Waals surface area contributed by atoms with Crippen molar-refractivity contribution in [3.63, 3.8) is 0 Å². The van der Waals surface area contributed by atoms with Crippen molar-refractivity contribution in [2.24, 2.45) is 0 Å². The van der Waals surface area contributed by atoms with Crippen LogP contribution in [0.1, 0.15) is 33.8 Å². The third kappa shape index (κ3) is 4.18. The molecule has 0 unspecified atom stereocenters. The average Bonchev–Trinajstić information content (AvgIpc) is 2.83. The molecule has 0 radical (unpaired) electrons. The highest BCUT2D eigenvalue weighted by Crippen LogP contribution is 2.19. The molecule has 3 nitrogen and oxygen atoms in total. The summed E-state index contributed by atoms with van der Waals surface area (Å²) in [5.41, 5.74) is 2.52. The van der Waals surface area contributed by atoms with E-state index in [2.05, 4.69) is 43.4 Å². The first-order valence-corrected chi connectivity index (χ1v) is 7.45. The fraction of sp³-hybridized carbons (Fsp3) is 0.312. The van der Waals surface area contributed by atoms with Gasteiger partial charge in [0.25, 0.3) is 0 Å². The number of hydrogen-bond acceptors (Lipinski definition) is 3. The number of aliphatic carboxylic acids is 1. The van der Waals surface area contributed by atoms with E-state index in [0.29, 0.717) is 0 Å². The van der Waals surface area contributed by atoms with Crippen molar-refractivity contribution in [3.05, 3.63) is 57.3 Å². The van der Waals surface area contributed by atoms with Gasteiger partial charge in [0, 0.05) is 22.3 Å². The molecule has 0 fully saturated rings. The van der Waals surface area contributed by atoms with Crippen LogP contribution in [0.3, 0.4) is 0 Å². The van der Waals surface area contributed by atoms with Crippen LogP contribution in [0.15, 0.2) is 36.4 Å². The topological polar surface area (TPSA) is 49.3 Å². The van der Waals surface area contributed by atoms with E-state index in [1.807, 2.05) is 12.1 Å². The highest BCUT2D eigenvalue weighted by Gasteiger charge is 2.07. The second-order valence-corrected chi connectivity index (χ2v) is 6.20. The molecule has 20 heavy (non-hydrogen) atoms. The molecule has 0 saturated heterocycles. The van der Waals surface area contributed by atoms with Crippen molar-refractivity contribution in [2.45, 2.75) is 32.9 Å². The molecule has 2 N–H and O–H groups in total. The van der Waals surface area contributed by atoms with E-state index >= 15 is 0 Å².